The zero-order valence-corrected chi connectivity index (χ0v) is 11.8. The van der Waals surface area contributed by atoms with Gasteiger partial charge < -0.3 is 10.6 Å². The van der Waals surface area contributed by atoms with E-state index in [1.54, 1.807) is 31.2 Å². The Morgan fingerprint density at radius 3 is 2.32 bits per heavy atom. The van der Waals surface area contributed by atoms with Gasteiger partial charge in [-0.05, 0) is 37.6 Å². The van der Waals surface area contributed by atoms with E-state index < -0.39 is 0 Å². The smallest absolute Gasteiger partial charge is 0.251 e. The average Bonchev–Trinajstić information content (AvgIpc) is 2.39. The highest BCUT2D eigenvalue weighted by Gasteiger charge is 2.09. The van der Waals surface area contributed by atoms with Crippen molar-refractivity contribution in [3.05, 3.63) is 29.8 Å². The minimum atomic E-state index is -0.0747. The first-order valence-corrected chi connectivity index (χ1v) is 6.77. The number of carbonyl (C=O) groups is 2. The molecule has 1 rings (SSSR count). The number of anilines is 1. The number of rotatable bonds is 6. The maximum atomic E-state index is 11.9. The van der Waals surface area contributed by atoms with Crippen molar-refractivity contribution >= 4 is 17.5 Å². The van der Waals surface area contributed by atoms with Crippen LogP contribution < -0.4 is 10.6 Å². The highest BCUT2D eigenvalue weighted by atomic mass is 16.2. The third kappa shape index (κ3) is 5.12. The van der Waals surface area contributed by atoms with E-state index in [-0.39, 0.29) is 17.9 Å². The van der Waals surface area contributed by atoms with E-state index in [4.69, 9.17) is 0 Å². The van der Waals surface area contributed by atoms with Crippen LogP contribution in [0.15, 0.2) is 24.3 Å². The van der Waals surface area contributed by atoms with Crippen molar-refractivity contribution in [3.8, 4) is 0 Å². The average molecular weight is 262 g/mol. The predicted octanol–water partition coefficient (Wildman–Crippen LogP) is 2.95. The Hall–Kier alpha value is -1.84. The zero-order valence-electron chi connectivity index (χ0n) is 11.8. The van der Waals surface area contributed by atoms with E-state index >= 15 is 0 Å². The second kappa shape index (κ2) is 7.56. The highest BCUT2D eigenvalue weighted by Crippen LogP contribution is 2.10. The number of benzene rings is 1. The van der Waals surface area contributed by atoms with Gasteiger partial charge in [0.25, 0.3) is 5.91 Å². The molecule has 0 spiro atoms. The van der Waals surface area contributed by atoms with Gasteiger partial charge in [-0.3, -0.25) is 9.59 Å². The van der Waals surface area contributed by atoms with Crippen molar-refractivity contribution in [1.82, 2.24) is 5.32 Å². The molecule has 0 bridgehead atoms. The summed E-state index contributed by atoms with van der Waals surface area (Å²) in [5.74, 6) is -0.108. The van der Waals surface area contributed by atoms with Crippen LogP contribution >= 0.6 is 0 Å². The van der Waals surface area contributed by atoms with Gasteiger partial charge in [-0.1, -0.05) is 20.3 Å². The summed E-state index contributed by atoms with van der Waals surface area (Å²) in [6, 6.07) is 7.11. The van der Waals surface area contributed by atoms with E-state index in [0.29, 0.717) is 17.7 Å². The molecule has 2 N–H and O–H groups in total. The van der Waals surface area contributed by atoms with E-state index in [1.807, 2.05) is 6.92 Å². The van der Waals surface area contributed by atoms with Crippen LogP contribution in [-0.4, -0.2) is 17.9 Å². The summed E-state index contributed by atoms with van der Waals surface area (Å²) in [6.45, 7) is 5.89. The minimum absolute atomic E-state index is 0.0335. The quantitative estimate of drug-likeness (QED) is 0.828. The Bertz CT molecular complexity index is 426. The summed E-state index contributed by atoms with van der Waals surface area (Å²) >= 11 is 0. The molecule has 1 atom stereocenters. The van der Waals surface area contributed by atoms with E-state index in [2.05, 4.69) is 17.6 Å². The standard InChI is InChI=1S/C15H22N2O2/c1-4-6-11(3)16-15(19)12-7-9-13(10-8-12)17-14(18)5-2/h7-11H,4-6H2,1-3H3,(H,16,19)(H,17,18)/t11-/m1/s1. The Labute approximate surface area is 114 Å². The molecule has 4 nitrogen and oxygen atoms in total. The van der Waals surface area contributed by atoms with Gasteiger partial charge in [0.1, 0.15) is 0 Å². The summed E-state index contributed by atoms with van der Waals surface area (Å²) < 4.78 is 0. The maximum Gasteiger partial charge on any atom is 0.251 e. The Kier molecular flexibility index (Phi) is 6.06. The van der Waals surface area contributed by atoms with Crippen molar-refractivity contribution in [2.45, 2.75) is 46.1 Å². The summed E-state index contributed by atoms with van der Waals surface area (Å²) in [6.07, 6.45) is 2.45. The Balaban J connectivity index is 2.60. The number of hydrogen-bond donors (Lipinski definition) is 2. The van der Waals surface area contributed by atoms with E-state index in [0.717, 1.165) is 12.8 Å². The third-order valence-corrected chi connectivity index (χ3v) is 2.85. The zero-order chi connectivity index (χ0) is 14.3. The van der Waals surface area contributed by atoms with Gasteiger partial charge in [-0.2, -0.15) is 0 Å². The summed E-state index contributed by atoms with van der Waals surface area (Å²) in [5.41, 5.74) is 1.32. The van der Waals surface area contributed by atoms with Crippen LogP contribution in [0.4, 0.5) is 5.69 Å². The summed E-state index contributed by atoms with van der Waals surface area (Å²) in [7, 11) is 0. The molecule has 0 fully saturated rings. The molecule has 1 aromatic rings. The lowest BCUT2D eigenvalue weighted by atomic mass is 10.1. The molecule has 104 valence electrons. The molecule has 0 aliphatic heterocycles. The van der Waals surface area contributed by atoms with Crippen LogP contribution in [0.25, 0.3) is 0 Å². The molecule has 0 radical (unpaired) electrons. The predicted molar refractivity (Wildman–Crippen MR) is 77.2 cm³/mol. The van der Waals surface area contributed by atoms with Crippen LogP contribution in [0.2, 0.25) is 0 Å². The summed E-state index contributed by atoms with van der Waals surface area (Å²) in [5, 5.41) is 5.69. The number of amides is 2. The van der Waals surface area contributed by atoms with Gasteiger partial charge in [0, 0.05) is 23.7 Å². The van der Waals surface area contributed by atoms with Gasteiger partial charge in [-0.25, -0.2) is 0 Å². The van der Waals surface area contributed by atoms with E-state index in [1.165, 1.54) is 0 Å². The van der Waals surface area contributed by atoms with Gasteiger partial charge in [-0.15, -0.1) is 0 Å². The first-order valence-electron chi connectivity index (χ1n) is 6.77. The molecule has 0 aromatic heterocycles. The third-order valence-electron chi connectivity index (χ3n) is 2.85. The lowest BCUT2D eigenvalue weighted by Gasteiger charge is -2.13. The number of hydrogen-bond acceptors (Lipinski definition) is 2. The Morgan fingerprint density at radius 1 is 1.16 bits per heavy atom. The lowest BCUT2D eigenvalue weighted by Crippen LogP contribution is -2.32. The molecule has 0 heterocycles. The maximum absolute atomic E-state index is 11.9. The van der Waals surface area contributed by atoms with Gasteiger partial charge in [0.05, 0.1) is 0 Å². The molecule has 0 aliphatic carbocycles. The number of carbonyl (C=O) groups excluding carboxylic acids is 2. The van der Waals surface area contributed by atoms with Crippen LogP contribution in [0.3, 0.4) is 0 Å². The van der Waals surface area contributed by atoms with Crippen LogP contribution in [0.5, 0.6) is 0 Å². The number of nitrogens with one attached hydrogen (secondary N) is 2. The van der Waals surface area contributed by atoms with Gasteiger partial charge in [0.15, 0.2) is 0 Å². The molecule has 1 aromatic carbocycles. The molecule has 19 heavy (non-hydrogen) atoms. The van der Waals surface area contributed by atoms with Gasteiger partial charge >= 0.3 is 0 Å². The molecular weight excluding hydrogens is 240 g/mol. The SMILES string of the molecule is CCC[C@@H](C)NC(=O)c1ccc(NC(=O)CC)cc1. The first kappa shape index (κ1) is 15.2. The van der Waals surface area contributed by atoms with Crippen molar-refractivity contribution in [3.63, 3.8) is 0 Å². The summed E-state index contributed by atoms with van der Waals surface area (Å²) in [4.78, 5) is 23.1. The fourth-order valence-electron chi connectivity index (χ4n) is 1.77. The molecule has 0 saturated carbocycles. The van der Waals surface area contributed by atoms with Crippen molar-refractivity contribution in [2.24, 2.45) is 0 Å². The molecule has 2 amide bonds. The second-order valence-corrected chi connectivity index (χ2v) is 4.64. The first-order chi connectivity index (χ1) is 9.06. The lowest BCUT2D eigenvalue weighted by molar-refractivity contribution is -0.115. The van der Waals surface area contributed by atoms with E-state index in [9.17, 15) is 9.59 Å². The van der Waals surface area contributed by atoms with Crippen molar-refractivity contribution in [1.29, 1.82) is 0 Å². The molecule has 0 saturated heterocycles. The van der Waals surface area contributed by atoms with Gasteiger partial charge in [0.2, 0.25) is 5.91 Å². The minimum Gasteiger partial charge on any atom is -0.350 e. The highest BCUT2D eigenvalue weighted by molar-refractivity contribution is 5.95. The largest absolute Gasteiger partial charge is 0.350 e. The second-order valence-electron chi connectivity index (χ2n) is 4.64. The fraction of sp³-hybridized carbons (Fsp3) is 0.467. The molecule has 0 aliphatic rings. The fourth-order valence-corrected chi connectivity index (χ4v) is 1.77. The molecule has 4 heteroatoms. The van der Waals surface area contributed by atoms with Crippen molar-refractivity contribution < 1.29 is 9.59 Å². The topological polar surface area (TPSA) is 58.2 Å². The van der Waals surface area contributed by atoms with Crippen molar-refractivity contribution in [2.75, 3.05) is 5.32 Å². The monoisotopic (exact) mass is 262 g/mol. The molecular formula is C15H22N2O2. The normalized spacial score (nSPS) is 11.7. The van der Waals surface area contributed by atoms with Crippen LogP contribution in [0.1, 0.15) is 50.4 Å². The Morgan fingerprint density at radius 2 is 1.79 bits per heavy atom. The van der Waals surface area contributed by atoms with Crippen LogP contribution in [0, 0.1) is 0 Å². The molecule has 0 unspecified atom stereocenters. The van der Waals surface area contributed by atoms with Crippen LogP contribution in [-0.2, 0) is 4.79 Å².